The second-order valence-corrected chi connectivity index (χ2v) is 8.05. The molecule has 0 radical (unpaired) electrons. The summed E-state index contributed by atoms with van der Waals surface area (Å²) in [4.78, 5) is 24.8. The summed E-state index contributed by atoms with van der Waals surface area (Å²) in [5.74, 6) is -1.52. The predicted molar refractivity (Wildman–Crippen MR) is 114 cm³/mol. The van der Waals surface area contributed by atoms with Gasteiger partial charge in [0.15, 0.2) is 5.60 Å². The molecule has 0 saturated carbocycles. The number of carboxylic acids is 1. The first-order chi connectivity index (χ1) is 14.6. The third kappa shape index (κ3) is 2.94. The molecule has 3 aromatic rings. The summed E-state index contributed by atoms with van der Waals surface area (Å²) in [5.41, 5.74) is 3.35. The van der Waals surface area contributed by atoms with E-state index in [2.05, 4.69) is 0 Å². The summed E-state index contributed by atoms with van der Waals surface area (Å²) in [6, 6.07) is 10.7. The number of carbonyl (C=O) groups is 2. The van der Waals surface area contributed by atoms with Gasteiger partial charge >= 0.3 is 11.9 Å². The van der Waals surface area contributed by atoms with E-state index in [0.29, 0.717) is 38.9 Å². The van der Waals surface area contributed by atoms with Crippen molar-refractivity contribution in [2.24, 2.45) is 0 Å². The molecule has 0 bridgehead atoms. The number of aryl methyl sites for hydroxylation is 4. The standard InChI is InChI=1S/C25H22O6/c1-12-7-17(26)8-13(2)21(12)25(22-14(3)9-18(27)10-15(22)4)20-11-16(23(28)29)5-6-19(20)24(30)31-25/h5-11,26-27H,1-4H3,(H,28,29). The van der Waals surface area contributed by atoms with Crippen LogP contribution in [0.15, 0.2) is 42.5 Å². The number of ether oxygens (including phenoxy) is 1. The number of aromatic carboxylic acids is 1. The van der Waals surface area contributed by atoms with Gasteiger partial charge in [-0.05, 0) is 92.4 Å². The lowest BCUT2D eigenvalue weighted by Crippen LogP contribution is -2.33. The molecule has 0 fully saturated rings. The van der Waals surface area contributed by atoms with E-state index in [-0.39, 0.29) is 22.6 Å². The number of cyclic esters (lactones) is 1. The van der Waals surface area contributed by atoms with Crippen LogP contribution in [0, 0.1) is 27.7 Å². The summed E-state index contributed by atoms with van der Waals surface area (Å²) in [5, 5.41) is 29.8. The van der Waals surface area contributed by atoms with E-state index in [0.717, 1.165) is 0 Å². The number of phenolic OH excluding ortho intramolecular Hbond substituents is 2. The zero-order chi connectivity index (χ0) is 22.7. The zero-order valence-corrected chi connectivity index (χ0v) is 17.6. The van der Waals surface area contributed by atoms with Crippen molar-refractivity contribution >= 4 is 11.9 Å². The molecule has 4 rings (SSSR count). The number of esters is 1. The molecule has 1 heterocycles. The highest BCUT2D eigenvalue weighted by molar-refractivity contribution is 5.99. The van der Waals surface area contributed by atoms with Gasteiger partial charge < -0.3 is 20.1 Å². The number of carbonyl (C=O) groups excluding carboxylic acids is 1. The second-order valence-electron chi connectivity index (χ2n) is 8.05. The van der Waals surface area contributed by atoms with Gasteiger partial charge in [0.25, 0.3) is 0 Å². The molecule has 1 aliphatic heterocycles. The first-order valence-electron chi connectivity index (χ1n) is 9.78. The quantitative estimate of drug-likeness (QED) is 0.542. The Morgan fingerprint density at radius 3 is 1.68 bits per heavy atom. The van der Waals surface area contributed by atoms with Crippen molar-refractivity contribution in [2.75, 3.05) is 0 Å². The molecule has 3 N–H and O–H groups in total. The molecular weight excluding hydrogens is 396 g/mol. The third-order valence-corrected chi connectivity index (χ3v) is 5.85. The Labute approximate surface area is 179 Å². The van der Waals surface area contributed by atoms with Gasteiger partial charge in [-0.1, -0.05) is 0 Å². The minimum atomic E-state index is -1.43. The van der Waals surface area contributed by atoms with Crippen LogP contribution in [0.4, 0.5) is 0 Å². The third-order valence-electron chi connectivity index (χ3n) is 5.85. The van der Waals surface area contributed by atoms with Crippen LogP contribution < -0.4 is 0 Å². The zero-order valence-electron chi connectivity index (χ0n) is 17.6. The molecule has 0 aromatic heterocycles. The van der Waals surface area contributed by atoms with Crippen LogP contribution in [0.1, 0.15) is 59.7 Å². The van der Waals surface area contributed by atoms with Gasteiger partial charge in [-0.3, -0.25) is 0 Å². The van der Waals surface area contributed by atoms with Crippen molar-refractivity contribution < 1.29 is 29.6 Å². The molecule has 0 unspecified atom stereocenters. The van der Waals surface area contributed by atoms with E-state index in [9.17, 15) is 24.9 Å². The number of aromatic hydroxyl groups is 2. The van der Waals surface area contributed by atoms with Crippen molar-refractivity contribution in [3.8, 4) is 11.5 Å². The largest absolute Gasteiger partial charge is 0.508 e. The maximum absolute atomic E-state index is 13.0. The average Bonchev–Trinajstić information content (AvgIpc) is 2.92. The maximum atomic E-state index is 13.0. The number of benzene rings is 3. The van der Waals surface area contributed by atoms with E-state index >= 15 is 0 Å². The van der Waals surface area contributed by atoms with Crippen molar-refractivity contribution in [2.45, 2.75) is 33.3 Å². The Morgan fingerprint density at radius 1 is 0.806 bits per heavy atom. The Morgan fingerprint density at radius 2 is 1.26 bits per heavy atom. The minimum absolute atomic E-state index is 0.0320. The molecule has 6 nitrogen and oxygen atoms in total. The molecular formula is C25H22O6. The predicted octanol–water partition coefficient (Wildman–Crippen LogP) is 4.49. The van der Waals surface area contributed by atoms with Gasteiger partial charge in [0.2, 0.25) is 0 Å². The molecule has 3 aromatic carbocycles. The first kappa shape index (κ1) is 20.5. The molecule has 0 spiro atoms. The van der Waals surface area contributed by atoms with Crippen molar-refractivity contribution in [3.05, 3.63) is 92.5 Å². The lowest BCUT2D eigenvalue weighted by Gasteiger charge is -2.35. The summed E-state index contributed by atoms with van der Waals surface area (Å²) in [6.07, 6.45) is 0. The van der Waals surface area contributed by atoms with Crippen LogP contribution in [0.5, 0.6) is 11.5 Å². The smallest absolute Gasteiger partial charge is 0.340 e. The number of rotatable bonds is 3. The van der Waals surface area contributed by atoms with Gasteiger partial charge in [0.05, 0.1) is 11.1 Å². The fourth-order valence-corrected chi connectivity index (χ4v) is 4.88. The van der Waals surface area contributed by atoms with E-state index in [4.69, 9.17) is 4.74 Å². The highest BCUT2D eigenvalue weighted by atomic mass is 16.6. The topological polar surface area (TPSA) is 104 Å². The summed E-state index contributed by atoms with van der Waals surface area (Å²) < 4.78 is 6.13. The van der Waals surface area contributed by atoms with Crippen LogP contribution in [-0.4, -0.2) is 27.3 Å². The molecule has 158 valence electrons. The van der Waals surface area contributed by atoms with Crippen molar-refractivity contribution in [3.63, 3.8) is 0 Å². The fraction of sp³-hybridized carbons (Fsp3) is 0.200. The van der Waals surface area contributed by atoms with Crippen molar-refractivity contribution in [1.29, 1.82) is 0 Å². The molecule has 0 saturated heterocycles. The number of carboxylic acid groups (broad SMARTS) is 1. The van der Waals surface area contributed by atoms with E-state index < -0.39 is 17.5 Å². The monoisotopic (exact) mass is 418 g/mol. The van der Waals surface area contributed by atoms with Gasteiger partial charge in [-0.25, -0.2) is 9.59 Å². The summed E-state index contributed by atoms with van der Waals surface area (Å²) in [6.45, 7) is 7.23. The molecule has 1 aliphatic rings. The van der Waals surface area contributed by atoms with Gasteiger partial charge in [0, 0.05) is 16.7 Å². The highest BCUT2D eigenvalue weighted by Crippen LogP contribution is 2.52. The van der Waals surface area contributed by atoms with Crippen LogP contribution >= 0.6 is 0 Å². The van der Waals surface area contributed by atoms with Gasteiger partial charge in [-0.2, -0.15) is 0 Å². The summed E-state index contributed by atoms with van der Waals surface area (Å²) >= 11 is 0. The number of phenols is 2. The molecule has 31 heavy (non-hydrogen) atoms. The number of fused-ring (bicyclic) bond motifs is 1. The minimum Gasteiger partial charge on any atom is -0.508 e. The normalized spacial score (nSPS) is 14.3. The second kappa shape index (κ2) is 6.87. The highest BCUT2D eigenvalue weighted by Gasteiger charge is 2.51. The Hall–Kier alpha value is -3.80. The Kier molecular flexibility index (Phi) is 4.54. The number of hydrogen-bond donors (Lipinski definition) is 3. The van der Waals surface area contributed by atoms with E-state index in [1.165, 1.54) is 18.2 Å². The van der Waals surface area contributed by atoms with E-state index in [1.807, 2.05) is 27.7 Å². The lowest BCUT2D eigenvalue weighted by molar-refractivity contribution is 0.0245. The van der Waals surface area contributed by atoms with Crippen LogP contribution in [0.2, 0.25) is 0 Å². The average molecular weight is 418 g/mol. The van der Waals surface area contributed by atoms with Crippen LogP contribution in [0.3, 0.4) is 0 Å². The number of hydrogen-bond acceptors (Lipinski definition) is 5. The van der Waals surface area contributed by atoms with E-state index in [1.54, 1.807) is 24.3 Å². The van der Waals surface area contributed by atoms with Crippen LogP contribution in [-0.2, 0) is 10.3 Å². The molecule has 0 atom stereocenters. The maximum Gasteiger partial charge on any atom is 0.340 e. The molecule has 0 aliphatic carbocycles. The lowest BCUT2D eigenvalue weighted by atomic mass is 9.73. The SMILES string of the molecule is Cc1cc(O)cc(C)c1C1(c2c(C)cc(O)cc2C)OC(=O)c2ccc(C(=O)O)cc21. The molecule has 6 heteroatoms. The molecule has 0 amide bonds. The Balaban J connectivity index is 2.22. The fourth-order valence-electron chi connectivity index (χ4n) is 4.88. The van der Waals surface area contributed by atoms with Crippen LogP contribution in [0.25, 0.3) is 0 Å². The Bertz CT molecular complexity index is 1170. The summed E-state index contributed by atoms with van der Waals surface area (Å²) in [7, 11) is 0. The van der Waals surface area contributed by atoms with Gasteiger partial charge in [-0.15, -0.1) is 0 Å². The van der Waals surface area contributed by atoms with Crippen molar-refractivity contribution in [1.82, 2.24) is 0 Å². The first-order valence-corrected chi connectivity index (χ1v) is 9.78. The van der Waals surface area contributed by atoms with Gasteiger partial charge in [0.1, 0.15) is 11.5 Å².